The van der Waals surface area contributed by atoms with Crippen LogP contribution in [-0.4, -0.2) is 18.0 Å². The molecule has 0 amide bonds. The van der Waals surface area contributed by atoms with Gasteiger partial charge in [0.1, 0.15) is 0 Å². The molecule has 0 saturated heterocycles. The van der Waals surface area contributed by atoms with Gasteiger partial charge in [-0.1, -0.05) is 63.8 Å². The van der Waals surface area contributed by atoms with Gasteiger partial charge in [-0.2, -0.15) is 0 Å². The van der Waals surface area contributed by atoms with Gasteiger partial charge in [0.2, 0.25) is 0 Å². The van der Waals surface area contributed by atoms with Crippen molar-refractivity contribution in [2.24, 2.45) is 0 Å². The topological polar surface area (TPSA) is 25.8 Å². The van der Waals surface area contributed by atoms with Crippen molar-refractivity contribution in [3.63, 3.8) is 0 Å². The van der Waals surface area contributed by atoms with Gasteiger partial charge in [-0.25, -0.2) is 9.97 Å². The minimum atomic E-state index is -1.56. The van der Waals surface area contributed by atoms with Crippen LogP contribution in [0.25, 0.3) is 11.4 Å². The van der Waals surface area contributed by atoms with Gasteiger partial charge < -0.3 is 0 Å². The van der Waals surface area contributed by atoms with Crippen molar-refractivity contribution < 1.29 is 1.37 Å². The molecule has 0 atom stereocenters. The third kappa shape index (κ3) is 3.10. The first kappa shape index (κ1) is 12.5. The van der Waals surface area contributed by atoms with Crippen LogP contribution < -0.4 is 5.19 Å². The summed E-state index contributed by atoms with van der Waals surface area (Å²) in [6, 6.07) is 9.96. The molecule has 0 saturated carbocycles. The molecule has 0 unspecified atom stereocenters. The van der Waals surface area contributed by atoms with E-state index in [-0.39, 0.29) is 0 Å². The summed E-state index contributed by atoms with van der Waals surface area (Å²) in [5.74, 6) is 0.00478. The molecule has 100 valence electrons. The minimum Gasteiger partial charge on any atom is -0.237 e. The number of rotatable bonds is 3. The molecule has 19 heavy (non-hydrogen) atoms. The maximum absolute atomic E-state index is 8.38. The molecule has 0 fully saturated rings. The lowest BCUT2D eigenvalue weighted by atomic mass is 10.1. The van der Waals surface area contributed by atoms with E-state index in [1.807, 2.05) is 50.4 Å². The number of nitrogens with zero attached hydrogens (tertiary/aromatic N) is 2. The maximum Gasteiger partial charge on any atom is 0.159 e. The van der Waals surface area contributed by atoms with Gasteiger partial charge in [0.25, 0.3) is 0 Å². The van der Waals surface area contributed by atoms with Gasteiger partial charge in [-0.15, -0.1) is 0 Å². The third-order valence-electron chi connectivity index (χ3n) is 3.10. The van der Waals surface area contributed by atoms with Crippen LogP contribution in [-0.2, 0) is 0 Å². The molecule has 1 aromatic heterocycles. The molecule has 2 rings (SSSR count). The average molecular weight is 271 g/mol. The molecule has 0 aliphatic rings. The van der Waals surface area contributed by atoms with Crippen molar-refractivity contribution in [3.05, 3.63) is 42.2 Å². The van der Waals surface area contributed by atoms with E-state index in [9.17, 15) is 0 Å². The Bertz CT molecular complexity index is 598. The van der Waals surface area contributed by atoms with Crippen molar-refractivity contribution in [2.45, 2.75) is 39.4 Å². The van der Waals surface area contributed by atoms with Gasteiger partial charge in [-0.3, -0.25) is 0 Å². The largest absolute Gasteiger partial charge is 0.237 e. The third-order valence-corrected chi connectivity index (χ3v) is 5.08. The minimum absolute atomic E-state index is 0.706. The molecule has 1 heterocycles. The summed E-state index contributed by atoms with van der Waals surface area (Å²) in [5.41, 5.74) is 1.87. The monoisotopic (exact) mass is 271 g/mol. The molecule has 0 N–H and O–H groups in total. The second kappa shape index (κ2) is 5.25. The highest BCUT2D eigenvalue weighted by atomic mass is 28.3. The average Bonchev–Trinajstić information content (AvgIpc) is 2.37. The first-order valence-electron chi connectivity index (χ1n) is 7.13. The van der Waals surface area contributed by atoms with E-state index in [0.29, 0.717) is 5.82 Å². The van der Waals surface area contributed by atoms with Crippen molar-refractivity contribution in [1.29, 1.82) is 0 Å². The van der Waals surface area contributed by atoms with Crippen LogP contribution >= 0.6 is 0 Å². The van der Waals surface area contributed by atoms with Crippen LogP contribution in [0.2, 0.25) is 19.6 Å². The molecule has 0 aliphatic heterocycles. The zero-order valence-electron chi connectivity index (χ0n) is 13.4. The SMILES string of the molecule is [2H]C(C)(C)c1nc(-c2ccccc2)ncc1[Si](C)(C)C. The Kier molecular flexibility index (Phi) is 3.47. The highest BCUT2D eigenvalue weighted by molar-refractivity contribution is 6.88. The van der Waals surface area contributed by atoms with Crippen LogP contribution in [0.5, 0.6) is 0 Å². The lowest BCUT2D eigenvalue weighted by molar-refractivity contribution is 0.824. The molecular formula is C16H22N2Si. The summed E-state index contributed by atoms with van der Waals surface area (Å²) < 4.78 is 8.38. The van der Waals surface area contributed by atoms with Gasteiger partial charge in [0.15, 0.2) is 5.82 Å². The van der Waals surface area contributed by atoms with E-state index in [1.54, 1.807) is 0 Å². The number of benzene rings is 1. The Morgan fingerprint density at radius 1 is 1.11 bits per heavy atom. The number of hydrogen-bond donors (Lipinski definition) is 0. The van der Waals surface area contributed by atoms with E-state index in [1.165, 1.54) is 5.19 Å². The molecule has 0 spiro atoms. The fourth-order valence-corrected chi connectivity index (χ4v) is 3.51. The van der Waals surface area contributed by atoms with Crippen LogP contribution in [0.3, 0.4) is 0 Å². The standard InChI is InChI=1S/C16H22N2Si/c1-12(2)15-14(19(3,4)5)11-17-16(18-15)13-9-7-6-8-10-13/h6-12H,1-5H3/i12D. The summed E-state index contributed by atoms with van der Waals surface area (Å²) >= 11 is 0. The predicted octanol–water partition coefficient (Wildman–Crippen LogP) is 3.81. The van der Waals surface area contributed by atoms with Crippen LogP contribution in [0.1, 0.15) is 26.8 Å². The molecule has 0 bridgehead atoms. The molecule has 0 aliphatic carbocycles. The van der Waals surface area contributed by atoms with Gasteiger partial charge >= 0.3 is 0 Å². The van der Waals surface area contributed by atoms with Crippen molar-refractivity contribution >= 4 is 13.3 Å². The Hall–Kier alpha value is -1.48. The van der Waals surface area contributed by atoms with Crippen molar-refractivity contribution in [1.82, 2.24) is 9.97 Å². The predicted molar refractivity (Wildman–Crippen MR) is 84.5 cm³/mol. The molecule has 2 aromatic rings. The second-order valence-electron chi connectivity index (χ2n) is 6.07. The first-order chi connectivity index (χ1) is 9.19. The smallest absolute Gasteiger partial charge is 0.159 e. The maximum atomic E-state index is 8.38. The Morgan fingerprint density at radius 2 is 1.74 bits per heavy atom. The Balaban J connectivity index is 2.62. The van der Waals surface area contributed by atoms with E-state index in [0.717, 1.165) is 11.3 Å². The van der Waals surface area contributed by atoms with E-state index >= 15 is 0 Å². The number of aromatic nitrogens is 2. The van der Waals surface area contributed by atoms with Crippen LogP contribution in [0.4, 0.5) is 0 Å². The molecule has 3 heteroatoms. The normalized spacial score (nSPS) is 13.2. The van der Waals surface area contributed by atoms with Gasteiger partial charge in [0.05, 0.1) is 8.07 Å². The van der Waals surface area contributed by atoms with Crippen LogP contribution in [0.15, 0.2) is 36.5 Å². The van der Waals surface area contributed by atoms with Gasteiger partial charge in [-0.05, 0) is 11.1 Å². The van der Waals surface area contributed by atoms with Crippen molar-refractivity contribution in [3.8, 4) is 11.4 Å². The van der Waals surface area contributed by atoms with E-state index < -0.39 is 14.0 Å². The highest BCUT2D eigenvalue weighted by Gasteiger charge is 2.23. The lowest BCUT2D eigenvalue weighted by Crippen LogP contribution is -2.41. The van der Waals surface area contributed by atoms with E-state index in [2.05, 4.69) is 24.6 Å². The number of hydrogen-bond acceptors (Lipinski definition) is 2. The second-order valence-corrected chi connectivity index (χ2v) is 11.1. The summed E-state index contributed by atoms with van der Waals surface area (Å²) in [6.45, 7) is 10.6. The fraction of sp³-hybridized carbons (Fsp3) is 0.375. The summed E-state index contributed by atoms with van der Waals surface area (Å²) in [6.07, 6.45) is 1.94. The first-order valence-corrected chi connectivity index (χ1v) is 10.1. The van der Waals surface area contributed by atoms with Gasteiger partial charge in [0, 0.05) is 18.8 Å². The quantitative estimate of drug-likeness (QED) is 0.793. The lowest BCUT2D eigenvalue weighted by Gasteiger charge is -2.22. The zero-order chi connectivity index (χ0) is 15.0. The molecule has 1 aromatic carbocycles. The zero-order valence-corrected chi connectivity index (χ0v) is 13.4. The highest BCUT2D eigenvalue weighted by Crippen LogP contribution is 2.19. The van der Waals surface area contributed by atoms with Crippen molar-refractivity contribution in [2.75, 3.05) is 0 Å². The summed E-state index contributed by atoms with van der Waals surface area (Å²) in [4.78, 5) is 9.25. The summed E-state index contributed by atoms with van der Waals surface area (Å²) in [7, 11) is -1.56. The Labute approximate surface area is 118 Å². The molecule has 0 radical (unpaired) electrons. The summed E-state index contributed by atoms with van der Waals surface area (Å²) in [5, 5.41) is 1.18. The van der Waals surface area contributed by atoms with Crippen LogP contribution in [0, 0.1) is 0 Å². The van der Waals surface area contributed by atoms with E-state index in [4.69, 9.17) is 6.35 Å². The Morgan fingerprint density at radius 3 is 2.26 bits per heavy atom. The molecule has 2 nitrogen and oxygen atoms in total. The fourth-order valence-electron chi connectivity index (χ4n) is 2.04. The molecular weight excluding hydrogens is 248 g/mol.